The van der Waals surface area contributed by atoms with Gasteiger partial charge >= 0.3 is 0 Å². The van der Waals surface area contributed by atoms with Crippen molar-refractivity contribution in [1.82, 2.24) is 9.38 Å². The molecule has 0 amide bonds. The van der Waals surface area contributed by atoms with Crippen LogP contribution in [0.2, 0.25) is 0 Å². The van der Waals surface area contributed by atoms with E-state index in [1.807, 2.05) is 40.7 Å². The third-order valence-corrected chi connectivity index (χ3v) is 2.70. The average molecular weight is 234 g/mol. The Hall–Kier alpha value is -1.59. The van der Waals surface area contributed by atoms with Crippen molar-refractivity contribution in [3.63, 3.8) is 0 Å². The SMILES string of the molecule is CC(O)CN(C)c1nc2ccccn2c1CN. The number of hydrogen-bond acceptors (Lipinski definition) is 4. The molecule has 5 nitrogen and oxygen atoms in total. The molecule has 0 aliphatic carbocycles. The molecular weight excluding hydrogens is 216 g/mol. The van der Waals surface area contributed by atoms with Gasteiger partial charge in [-0.25, -0.2) is 4.98 Å². The monoisotopic (exact) mass is 234 g/mol. The summed E-state index contributed by atoms with van der Waals surface area (Å²) in [5.41, 5.74) is 7.62. The molecule has 3 N–H and O–H groups in total. The van der Waals surface area contributed by atoms with Gasteiger partial charge in [0.2, 0.25) is 0 Å². The van der Waals surface area contributed by atoms with Gasteiger partial charge in [-0.2, -0.15) is 0 Å². The quantitative estimate of drug-likeness (QED) is 0.813. The van der Waals surface area contributed by atoms with Crippen LogP contribution in [0.15, 0.2) is 24.4 Å². The number of anilines is 1. The number of rotatable bonds is 4. The molecule has 1 atom stereocenters. The summed E-state index contributed by atoms with van der Waals surface area (Å²) in [6.07, 6.45) is 1.56. The first-order valence-corrected chi connectivity index (χ1v) is 5.68. The Bertz CT molecular complexity index is 506. The van der Waals surface area contributed by atoms with Gasteiger partial charge in [-0.3, -0.25) is 0 Å². The van der Waals surface area contributed by atoms with Crippen LogP contribution in [0, 0.1) is 0 Å². The first-order chi connectivity index (χ1) is 8.13. The first-order valence-electron chi connectivity index (χ1n) is 5.68. The molecule has 0 radical (unpaired) electrons. The summed E-state index contributed by atoms with van der Waals surface area (Å²) in [7, 11) is 1.91. The molecule has 2 aromatic heterocycles. The lowest BCUT2D eigenvalue weighted by atomic mass is 10.3. The molecule has 0 aromatic carbocycles. The van der Waals surface area contributed by atoms with E-state index < -0.39 is 6.10 Å². The number of aliphatic hydroxyl groups excluding tert-OH is 1. The number of nitrogens with zero attached hydrogens (tertiary/aromatic N) is 3. The fraction of sp³-hybridized carbons (Fsp3) is 0.417. The number of fused-ring (bicyclic) bond motifs is 1. The van der Waals surface area contributed by atoms with Gasteiger partial charge in [0.05, 0.1) is 11.8 Å². The maximum absolute atomic E-state index is 9.42. The highest BCUT2D eigenvalue weighted by atomic mass is 16.3. The summed E-state index contributed by atoms with van der Waals surface area (Å²) in [4.78, 5) is 6.46. The largest absolute Gasteiger partial charge is 0.392 e. The lowest BCUT2D eigenvalue weighted by Crippen LogP contribution is -2.28. The number of hydrogen-bond donors (Lipinski definition) is 2. The molecule has 2 rings (SSSR count). The Kier molecular flexibility index (Phi) is 3.31. The van der Waals surface area contributed by atoms with Crippen molar-refractivity contribution >= 4 is 11.5 Å². The number of aliphatic hydroxyl groups is 1. The van der Waals surface area contributed by atoms with Crippen LogP contribution in [0.5, 0.6) is 0 Å². The van der Waals surface area contributed by atoms with E-state index in [0.717, 1.165) is 17.2 Å². The van der Waals surface area contributed by atoms with Gasteiger partial charge in [0.1, 0.15) is 5.65 Å². The molecule has 92 valence electrons. The molecule has 0 aliphatic heterocycles. The molecule has 2 aromatic rings. The highest BCUT2D eigenvalue weighted by Crippen LogP contribution is 2.20. The van der Waals surface area contributed by atoms with Crippen LogP contribution in [-0.2, 0) is 6.54 Å². The fourth-order valence-corrected chi connectivity index (χ4v) is 2.01. The standard InChI is InChI=1S/C12H18N4O/c1-9(17)8-15(2)12-10(7-13)16-6-4-3-5-11(16)14-12/h3-6,9,17H,7-8,13H2,1-2H3. The molecule has 0 saturated carbocycles. The second kappa shape index (κ2) is 4.73. The van der Waals surface area contributed by atoms with Crippen LogP contribution in [0.25, 0.3) is 5.65 Å². The Morgan fingerprint density at radius 3 is 2.94 bits per heavy atom. The Labute approximate surface area is 100 Å². The van der Waals surface area contributed by atoms with Gasteiger partial charge in [-0.1, -0.05) is 6.07 Å². The van der Waals surface area contributed by atoms with Crippen LogP contribution in [-0.4, -0.2) is 34.2 Å². The molecular formula is C12H18N4O. The van der Waals surface area contributed by atoms with Gasteiger partial charge in [0, 0.05) is 26.3 Å². The number of pyridine rings is 1. The van der Waals surface area contributed by atoms with Crippen LogP contribution >= 0.6 is 0 Å². The number of imidazole rings is 1. The van der Waals surface area contributed by atoms with Gasteiger partial charge in [0.25, 0.3) is 0 Å². The van der Waals surface area contributed by atoms with Gasteiger partial charge < -0.3 is 20.1 Å². The molecule has 5 heteroatoms. The van der Waals surface area contributed by atoms with Gasteiger partial charge in [-0.15, -0.1) is 0 Å². The summed E-state index contributed by atoms with van der Waals surface area (Å²) in [5, 5.41) is 9.42. The average Bonchev–Trinajstić information content (AvgIpc) is 2.66. The summed E-state index contributed by atoms with van der Waals surface area (Å²) >= 11 is 0. The van der Waals surface area contributed by atoms with Crippen LogP contribution in [0.3, 0.4) is 0 Å². The molecule has 0 aliphatic rings. The van der Waals surface area contributed by atoms with E-state index in [9.17, 15) is 5.11 Å². The summed E-state index contributed by atoms with van der Waals surface area (Å²) in [6.45, 7) is 2.72. The lowest BCUT2D eigenvalue weighted by Gasteiger charge is -2.19. The van der Waals surface area contributed by atoms with E-state index in [1.165, 1.54) is 0 Å². The van der Waals surface area contributed by atoms with E-state index in [0.29, 0.717) is 13.1 Å². The summed E-state index contributed by atoms with van der Waals surface area (Å²) in [5.74, 6) is 0.833. The fourth-order valence-electron chi connectivity index (χ4n) is 2.01. The number of aromatic nitrogens is 2. The predicted molar refractivity (Wildman–Crippen MR) is 68.0 cm³/mol. The second-order valence-corrected chi connectivity index (χ2v) is 4.24. The minimum atomic E-state index is -0.393. The van der Waals surface area contributed by atoms with Crippen LogP contribution < -0.4 is 10.6 Å². The Morgan fingerprint density at radius 2 is 2.29 bits per heavy atom. The molecule has 0 bridgehead atoms. The van der Waals surface area contributed by atoms with Crippen LogP contribution in [0.1, 0.15) is 12.6 Å². The third-order valence-electron chi connectivity index (χ3n) is 2.70. The normalized spacial score (nSPS) is 12.9. The third kappa shape index (κ3) is 2.25. The van der Waals surface area contributed by atoms with E-state index in [4.69, 9.17) is 5.73 Å². The van der Waals surface area contributed by atoms with Crippen molar-refractivity contribution in [1.29, 1.82) is 0 Å². The highest BCUT2D eigenvalue weighted by molar-refractivity contribution is 5.55. The second-order valence-electron chi connectivity index (χ2n) is 4.24. The first kappa shape index (κ1) is 11.9. The van der Waals surface area contributed by atoms with Crippen molar-refractivity contribution in [2.24, 2.45) is 5.73 Å². The Morgan fingerprint density at radius 1 is 1.53 bits per heavy atom. The smallest absolute Gasteiger partial charge is 0.152 e. The minimum absolute atomic E-state index is 0.393. The van der Waals surface area contributed by atoms with Crippen molar-refractivity contribution in [3.05, 3.63) is 30.1 Å². The topological polar surface area (TPSA) is 66.8 Å². The Balaban J connectivity index is 2.45. The van der Waals surface area contributed by atoms with Crippen molar-refractivity contribution in [2.75, 3.05) is 18.5 Å². The highest BCUT2D eigenvalue weighted by Gasteiger charge is 2.15. The zero-order valence-electron chi connectivity index (χ0n) is 10.2. The van der Waals surface area contributed by atoms with E-state index in [1.54, 1.807) is 6.92 Å². The maximum Gasteiger partial charge on any atom is 0.152 e. The van der Waals surface area contributed by atoms with Crippen molar-refractivity contribution < 1.29 is 5.11 Å². The predicted octanol–water partition coefficient (Wildman–Crippen LogP) is 0.610. The van der Waals surface area contributed by atoms with Crippen molar-refractivity contribution in [3.8, 4) is 0 Å². The molecule has 0 spiro atoms. The molecule has 17 heavy (non-hydrogen) atoms. The van der Waals surface area contributed by atoms with Crippen LogP contribution in [0.4, 0.5) is 5.82 Å². The summed E-state index contributed by atoms with van der Waals surface area (Å²) in [6, 6.07) is 5.84. The maximum atomic E-state index is 9.42. The molecule has 2 heterocycles. The number of nitrogens with two attached hydrogens (primary N) is 1. The van der Waals surface area contributed by atoms with E-state index in [-0.39, 0.29) is 0 Å². The zero-order valence-corrected chi connectivity index (χ0v) is 10.2. The molecule has 1 unspecified atom stereocenters. The van der Waals surface area contributed by atoms with Gasteiger partial charge in [-0.05, 0) is 19.1 Å². The minimum Gasteiger partial charge on any atom is -0.392 e. The zero-order chi connectivity index (χ0) is 12.4. The number of likely N-dealkylation sites (N-methyl/N-ethyl adjacent to an activating group) is 1. The van der Waals surface area contributed by atoms with Gasteiger partial charge in [0.15, 0.2) is 5.82 Å². The van der Waals surface area contributed by atoms with E-state index in [2.05, 4.69) is 4.98 Å². The van der Waals surface area contributed by atoms with Crippen molar-refractivity contribution in [2.45, 2.75) is 19.6 Å². The molecule has 0 saturated heterocycles. The van der Waals surface area contributed by atoms with E-state index >= 15 is 0 Å². The molecule has 0 fully saturated rings. The lowest BCUT2D eigenvalue weighted by molar-refractivity contribution is 0.201. The summed E-state index contributed by atoms with van der Waals surface area (Å²) < 4.78 is 1.98.